The molecule has 24 heavy (non-hydrogen) atoms. The van der Waals surface area contributed by atoms with E-state index in [1.165, 1.54) is 15.8 Å². The molecule has 1 aromatic carbocycles. The number of amides is 1. The predicted octanol–water partition coefficient (Wildman–Crippen LogP) is 1.00. The van der Waals surface area contributed by atoms with E-state index in [1.807, 2.05) is 0 Å². The van der Waals surface area contributed by atoms with Gasteiger partial charge in [0.2, 0.25) is 5.91 Å². The summed E-state index contributed by atoms with van der Waals surface area (Å²) < 4.78 is 1.18. The van der Waals surface area contributed by atoms with E-state index in [2.05, 4.69) is 5.10 Å². The van der Waals surface area contributed by atoms with Gasteiger partial charge in [-0.1, -0.05) is 24.3 Å². The molecular formula is C15H14N4O5. The van der Waals surface area contributed by atoms with E-state index in [-0.39, 0.29) is 24.7 Å². The molecule has 1 N–H and O–H groups in total. The number of hydrogen-bond acceptors (Lipinski definition) is 5. The minimum atomic E-state index is -0.991. The quantitative estimate of drug-likeness (QED) is 0.660. The summed E-state index contributed by atoms with van der Waals surface area (Å²) in [5, 5.41) is 23.8. The topological polar surface area (TPSA) is 119 Å². The first-order valence-corrected chi connectivity index (χ1v) is 7.21. The maximum Gasteiger partial charge on any atom is 0.312 e. The third kappa shape index (κ3) is 2.96. The Hall–Kier alpha value is -3.23. The minimum Gasteiger partial charge on any atom is -0.481 e. The SMILES string of the molecule is O=C(O)C1CN(C(=O)Cn2cc([N+](=O)[O-])cn2)Cc2ccccc21. The van der Waals surface area contributed by atoms with E-state index < -0.39 is 16.8 Å². The largest absolute Gasteiger partial charge is 0.481 e. The minimum absolute atomic E-state index is 0.0640. The molecule has 0 bridgehead atoms. The number of carboxylic acids is 1. The molecular weight excluding hydrogens is 316 g/mol. The van der Waals surface area contributed by atoms with E-state index >= 15 is 0 Å². The lowest BCUT2D eigenvalue weighted by atomic mass is 9.90. The summed E-state index contributed by atoms with van der Waals surface area (Å²) in [6.07, 6.45) is 2.24. The van der Waals surface area contributed by atoms with E-state index in [0.717, 1.165) is 11.8 Å². The van der Waals surface area contributed by atoms with Crippen molar-refractivity contribution in [2.24, 2.45) is 0 Å². The summed E-state index contributed by atoms with van der Waals surface area (Å²) in [5.74, 6) is -2.12. The molecule has 1 amide bonds. The van der Waals surface area contributed by atoms with Crippen LogP contribution in [0, 0.1) is 10.1 Å². The fraction of sp³-hybridized carbons (Fsp3) is 0.267. The Balaban J connectivity index is 1.78. The second-order valence-corrected chi connectivity index (χ2v) is 5.52. The molecule has 9 heteroatoms. The number of aromatic nitrogens is 2. The number of nitro groups is 1. The first-order chi connectivity index (χ1) is 11.5. The highest BCUT2D eigenvalue weighted by Crippen LogP contribution is 2.28. The Bertz CT molecular complexity index is 816. The smallest absolute Gasteiger partial charge is 0.312 e. The number of carbonyl (C=O) groups excluding carboxylic acids is 1. The van der Waals surface area contributed by atoms with Gasteiger partial charge in [-0.2, -0.15) is 5.10 Å². The van der Waals surface area contributed by atoms with Crippen LogP contribution in [-0.2, 0) is 22.7 Å². The summed E-state index contributed by atoms with van der Waals surface area (Å²) >= 11 is 0. The third-order valence-electron chi connectivity index (χ3n) is 3.97. The van der Waals surface area contributed by atoms with Crippen molar-refractivity contribution < 1.29 is 19.6 Å². The van der Waals surface area contributed by atoms with Crippen LogP contribution in [0.2, 0.25) is 0 Å². The van der Waals surface area contributed by atoms with Gasteiger partial charge in [-0.25, -0.2) is 0 Å². The number of carbonyl (C=O) groups is 2. The molecule has 1 atom stereocenters. The van der Waals surface area contributed by atoms with Crippen LogP contribution >= 0.6 is 0 Å². The molecule has 2 aromatic rings. The maximum atomic E-state index is 12.4. The zero-order valence-corrected chi connectivity index (χ0v) is 12.5. The van der Waals surface area contributed by atoms with Gasteiger partial charge in [-0.05, 0) is 11.1 Å². The van der Waals surface area contributed by atoms with Gasteiger partial charge in [-0.15, -0.1) is 0 Å². The Kier molecular flexibility index (Phi) is 3.98. The van der Waals surface area contributed by atoms with Crippen LogP contribution in [0.3, 0.4) is 0 Å². The van der Waals surface area contributed by atoms with Crippen molar-refractivity contribution in [3.8, 4) is 0 Å². The normalized spacial score (nSPS) is 16.5. The van der Waals surface area contributed by atoms with Gasteiger partial charge in [0.25, 0.3) is 0 Å². The number of hydrogen-bond donors (Lipinski definition) is 1. The van der Waals surface area contributed by atoms with Gasteiger partial charge in [0.15, 0.2) is 0 Å². The van der Waals surface area contributed by atoms with Gasteiger partial charge in [0.05, 0.1) is 10.8 Å². The second kappa shape index (κ2) is 6.11. The molecule has 0 spiro atoms. The molecule has 0 aliphatic carbocycles. The van der Waals surface area contributed by atoms with Crippen LogP contribution in [0.25, 0.3) is 0 Å². The number of nitrogens with zero attached hydrogens (tertiary/aromatic N) is 4. The van der Waals surface area contributed by atoms with Crippen LogP contribution in [0.5, 0.6) is 0 Å². The summed E-state index contributed by atoms with van der Waals surface area (Å²) in [6, 6.07) is 7.12. The Morgan fingerprint density at radius 1 is 1.38 bits per heavy atom. The maximum absolute atomic E-state index is 12.4. The second-order valence-electron chi connectivity index (χ2n) is 5.52. The molecule has 0 saturated heterocycles. The van der Waals surface area contributed by atoms with Crippen molar-refractivity contribution in [3.05, 3.63) is 57.9 Å². The number of rotatable bonds is 4. The summed E-state index contributed by atoms with van der Waals surface area (Å²) in [5.41, 5.74) is 1.30. The molecule has 0 radical (unpaired) electrons. The molecule has 1 aliphatic heterocycles. The fourth-order valence-electron chi connectivity index (χ4n) is 2.78. The van der Waals surface area contributed by atoms with Crippen LogP contribution < -0.4 is 0 Å². The van der Waals surface area contributed by atoms with E-state index in [9.17, 15) is 24.8 Å². The molecule has 1 unspecified atom stereocenters. The van der Waals surface area contributed by atoms with Gasteiger partial charge >= 0.3 is 11.7 Å². The lowest BCUT2D eigenvalue weighted by molar-refractivity contribution is -0.385. The van der Waals surface area contributed by atoms with Crippen LogP contribution in [0.15, 0.2) is 36.7 Å². The molecule has 1 aromatic heterocycles. The van der Waals surface area contributed by atoms with Crippen molar-refractivity contribution in [1.82, 2.24) is 14.7 Å². The third-order valence-corrected chi connectivity index (χ3v) is 3.97. The van der Waals surface area contributed by atoms with Crippen molar-refractivity contribution in [2.75, 3.05) is 6.54 Å². The fourth-order valence-corrected chi connectivity index (χ4v) is 2.78. The van der Waals surface area contributed by atoms with Gasteiger partial charge in [-0.3, -0.25) is 24.4 Å². The van der Waals surface area contributed by atoms with Crippen LogP contribution in [-0.4, -0.2) is 43.1 Å². The van der Waals surface area contributed by atoms with E-state index in [4.69, 9.17) is 0 Å². The van der Waals surface area contributed by atoms with Crippen molar-refractivity contribution in [2.45, 2.75) is 19.0 Å². The highest BCUT2D eigenvalue weighted by molar-refractivity contribution is 5.81. The average Bonchev–Trinajstić information content (AvgIpc) is 3.02. The molecule has 9 nitrogen and oxygen atoms in total. The molecule has 0 saturated carbocycles. The first-order valence-electron chi connectivity index (χ1n) is 7.21. The highest BCUT2D eigenvalue weighted by Gasteiger charge is 2.32. The van der Waals surface area contributed by atoms with Crippen LogP contribution in [0.4, 0.5) is 5.69 Å². The average molecular weight is 330 g/mol. The highest BCUT2D eigenvalue weighted by atomic mass is 16.6. The van der Waals surface area contributed by atoms with Gasteiger partial charge < -0.3 is 10.0 Å². The van der Waals surface area contributed by atoms with Crippen molar-refractivity contribution >= 4 is 17.6 Å². The Morgan fingerprint density at radius 2 is 2.12 bits per heavy atom. The zero-order chi connectivity index (χ0) is 17.3. The first kappa shape index (κ1) is 15.7. The van der Waals surface area contributed by atoms with E-state index in [1.54, 1.807) is 24.3 Å². The Labute approximate surface area is 136 Å². The number of carboxylic acid groups (broad SMARTS) is 1. The summed E-state index contributed by atoms with van der Waals surface area (Å²) in [7, 11) is 0. The standard InChI is InChI=1S/C15H14N4O5/c20-14(9-18-7-11(5-16-18)19(23)24)17-6-10-3-1-2-4-12(10)13(8-17)15(21)22/h1-5,7,13H,6,8-9H2,(H,21,22). The summed E-state index contributed by atoms with van der Waals surface area (Å²) in [6.45, 7) is 0.193. The van der Waals surface area contributed by atoms with E-state index in [0.29, 0.717) is 12.1 Å². The molecule has 2 heterocycles. The van der Waals surface area contributed by atoms with Crippen LogP contribution in [0.1, 0.15) is 17.0 Å². The molecule has 124 valence electrons. The number of fused-ring (bicyclic) bond motifs is 1. The molecule has 0 fully saturated rings. The molecule has 1 aliphatic rings. The van der Waals surface area contributed by atoms with Gasteiger partial charge in [0.1, 0.15) is 18.9 Å². The number of aliphatic carboxylic acids is 1. The summed E-state index contributed by atoms with van der Waals surface area (Å²) in [4.78, 5) is 35.4. The molecule has 3 rings (SSSR count). The predicted molar refractivity (Wildman–Crippen MR) is 81.1 cm³/mol. The zero-order valence-electron chi connectivity index (χ0n) is 12.5. The lowest BCUT2D eigenvalue weighted by Crippen LogP contribution is -2.42. The number of benzene rings is 1. The van der Waals surface area contributed by atoms with Crippen molar-refractivity contribution in [1.29, 1.82) is 0 Å². The Morgan fingerprint density at radius 3 is 2.79 bits per heavy atom. The monoisotopic (exact) mass is 330 g/mol. The van der Waals surface area contributed by atoms with Gasteiger partial charge in [0, 0.05) is 13.1 Å². The lowest BCUT2D eigenvalue weighted by Gasteiger charge is -2.32. The van der Waals surface area contributed by atoms with Crippen molar-refractivity contribution in [3.63, 3.8) is 0 Å².